The van der Waals surface area contributed by atoms with Crippen LogP contribution in [0.25, 0.3) is 0 Å². The van der Waals surface area contributed by atoms with Gasteiger partial charge in [-0.3, -0.25) is 10.1 Å². The third-order valence-electron chi connectivity index (χ3n) is 6.10. The lowest BCUT2D eigenvalue weighted by atomic mass is 9.50. The van der Waals surface area contributed by atoms with E-state index in [4.69, 9.17) is 0 Å². The zero-order valence-electron chi connectivity index (χ0n) is 13.3. The van der Waals surface area contributed by atoms with E-state index in [-0.39, 0.29) is 5.92 Å². The lowest BCUT2D eigenvalue weighted by molar-refractivity contribution is -0.398. The van der Waals surface area contributed by atoms with E-state index in [0.29, 0.717) is 19.3 Å². The molecular formula is C17H19NO5-2. The van der Waals surface area contributed by atoms with Crippen LogP contribution in [0.15, 0.2) is 12.1 Å². The molecule has 0 unspecified atom stereocenters. The molecular weight excluding hydrogens is 298 g/mol. The molecule has 1 saturated carbocycles. The molecule has 0 radical (unpaired) electrons. The van der Waals surface area contributed by atoms with Gasteiger partial charge in [-0.05, 0) is 53.9 Å². The Morgan fingerprint density at radius 2 is 2.00 bits per heavy atom. The largest absolute Gasteiger partial charge is 0.868 e. The summed E-state index contributed by atoms with van der Waals surface area (Å²) >= 11 is 0. The summed E-state index contributed by atoms with van der Waals surface area (Å²) in [6.07, 6.45) is 3.29. The SMILES string of the molecule is C[C@]1(C(=O)[O-])CCC[C@]2(C)c3cc([O-])c([N+](=O)[O-])cc3CC[C@@H]12. The van der Waals surface area contributed by atoms with Crippen molar-refractivity contribution in [2.45, 2.75) is 51.4 Å². The highest BCUT2D eigenvalue weighted by atomic mass is 16.6. The van der Waals surface area contributed by atoms with E-state index in [1.807, 2.05) is 6.92 Å². The molecule has 1 fully saturated rings. The molecule has 0 amide bonds. The van der Waals surface area contributed by atoms with Crippen molar-refractivity contribution in [1.29, 1.82) is 0 Å². The fourth-order valence-electron chi connectivity index (χ4n) is 4.87. The van der Waals surface area contributed by atoms with Crippen LogP contribution in [-0.4, -0.2) is 10.9 Å². The quantitative estimate of drug-likeness (QED) is 0.606. The Kier molecular flexibility index (Phi) is 3.39. The van der Waals surface area contributed by atoms with Crippen molar-refractivity contribution in [2.75, 3.05) is 0 Å². The molecule has 23 heavy (non-hydrogen) atoms. The summed E-state index contributed by atoms with van der Waals surface area (Å²) in [4.78, 5) is 22.1. The summed E-state index contributed by atoms with van der Waals surface area (Å²) in [5, 5.41) is 34.8. The van der Waals surface area contributed by atoms with Crippen molar-refractivity contribution in [3.05, 3.63) is 33.4 Å². The fraction of sp³-hybridized carbons (Fsp3) is 0.588. The van der Waals surface area contributed by atoms with Gasteiger partial charge in [-0.25, -0.2) is 0 Å². The van der Waals surface area contributed by atoms with Gasteiger partial charge in [0, 0.05) is 17.5 Å². The average molecular weight is 317 g/mol. The molecule has 0 saturated heterocycles. The van der Waals surface area contributed by atoms with Crippen LogP contribution in [0, 0.1) is 21.4 Å². The number of carboxylic acid groups (broad SMARTS) is 1. The number of aliphatic carboxylic acids is 1. The molecule has 0 heterocycles. The first kappa shape index (κ1) is 15.8. The molecule has 2 aliphatic carbocycles. The Balaban J connectivity index is 2.15. The predicted octanol–water partition coefficient (Wildman–Crippen LogP) is 1.43. The maximum absolute atomic E-state index is 12.1. The van der Waals surface area contributed by atoms with Gasteiger partial charge < -0.3 is 15.0 Å². The third-order valence-corrected chi connectivity index (χ3v) is 6.10. The van der Waals surface area contributed by atoms with Crippen LogP contribution < -0.4 is 10.2 Å². The van der Waals surface area contributed by atoms with Gasteiger partial charge in [-0.1, -0.05) is 26.3 Å². The van der Waals surface area contributed by atoms with E-state index in [2.05, 4.69) is 0 Å². The minimum atomic E-state index is -1.04. The van der Waals surface area contributed by atoms with Crippen LogP contribution in [0.4, 0.5) is 5.69 Å². The number of nitro benzene ring substituents is 1. The molecule has 6 nitrogen and oxygen atoms in total. The van der Waals surface area contributed by atoms with Crippen molar-refractivity contribution in [1.82, 2.24) is 0 Å². The lowest BCUT2D eigenvalue weighted by Crippen LogP contribution is -2.56. The van der Waals surface area contributed by atoms with E-state index >= 15 is 0 Å². The molecule has 6 heteroatoms. The number of benzene rings is 1. The summed E-state index contributed by atoms with van der Waals surface area (Å²) < 4.78 is 0. The highest BCUT2D eigenvalue weighted by Crippen LogP contribution is 2.57. The van der Waals surface area contributed by atoms with E-state index in [9.17, 15) is 25.1 Å². The van der Waals surface area contributed by atoms with Gasteiger partial charge in [0.1, 0.15) is 0 Å². The predicted molar refractivity (Wildman–Crippen MR) is 78.7 cm³/mol. The van der Waals surface area contributed by atoms with Gasteiger partial charge in [-0.2, -0.15) is 0 Å². The second-order valence-corrected chi connectivity index (χ2v) is 7.30. The summed E-state index contributed by atoms with van der Waals surface area (Å²) in [6.45, 7) is 3.72. The number of nitrogens with zero attached hydrogens (tertiary/aromatic N) is 1. The Morgan fingerprint density at radius 1 is 1.30 bits per heavy atom. The number of aryl methyl sites for hydroxylation is 1. The standard InChI is InChI=1S/C17H21NO5/c1-16-6-3-7-17(2,15(20)21)14(16)5-4-10-8-12(18(22)23)13(19)9-11(10)16/h8-9,14,19H,3-7H2,1-2H3,(H,20,21)/p-2/t14-,16-,17+/m1/s1. The zero-order chi connectivity index (χ0) is 17.0. The first-order chi connectivity index (χ1) is 10.7. The summed E-state index contributed by atoms with van der Waals surface area (Å²) in [7, 11) is 0. The van der Waals surface area contributed by atoms with Crippen molar-refractivity contribution >= 4 is 11.7 Å². The maximum Gasteiger partial charge on any atom is 0.262 e. The number of nitro groups is 1. The van der Waals surface area contributed by atoms with Gasteiger partial charge in [0.25, 0.3) is 5.69 Å². The minimum absolute atomic E-state index is 0.123. The highest BCUT2D eigenvalue weighted by Gasteiger charge is 2.52. The topological polar surface area (TPSA) is 106 Å². The van der Waals surface area contributed by atoms with Gasteiger partial charge in [0.15, 0.2) is 0 Å². The number of fused-ring (bicyclic) bond motifs is 3. The first-order valence-corrected chi connectivity index (χ1v) is 7.90. The Bertz CT molecular complexity index is 700. The van der Waals surface area contributed by atoms with Crippen LogP contribution in [0.3, 0.4) is 0 Å². The number of hydrogen-bond donors (Lipinski definition) is 0. The molecule has 0 N–H and O–H groups in total. The number of carbonyl (C=O) groups is 1. The van der Waals surface area contributed by atoms with E-state index < -0.39 is 33.2 Å². The molecule has 0 aliphatic heterocycles. The van der Waals surface area contributed by atoms with E-state index in [1.54, 1.807) is 6.92 Å². The van der Waals surface area contributed by atoms with Crippen LogP contribution in [0.1, 0.15) is 50.7 Å². The number of carboxylic acids is 1. The fourth-order valence-corrected chi connectivity index (χ4v) is 4.87. The molecule has 3 rings (SSSR count). The monoisotopic (exact) mass is 317 g/mol. The number of hydrogen-bond acceptors (Lipinski definition) is 5. The molecule has 2 aliphatic rings. The van der Waals surface area contributed by atoms with Crippen molar-refractivity contribution < 1.29 is 19.9 Å². The summed E-state index contributed by atoms with van der Waals surface area (Å²) in [5.74, 6) is -1.76. The highest BCUT2D eigenvalue weighted by molar-refractivity contribution is 5.73. The van der Waals surface area contributed by atoms with Crippen molar-refractivity contribution in [2.24, 2.45) is 11.3 Å². The molecule has 3 atom stereocenters. The molecule has 0 spiro atoms. The molecule has 1 aromatic rings. The Morgan fingerprint density at radius 3 is 2.61 bits per heavy atom. The van der Waals surface area contributed by atoms with Crippen molar-refractivity contribution in [3.8, 4) is 5.75 Å². The van der Waals surface area contributed by atoms with Gasteiger partial charge in [0.05, 0.1) is 4.92 Å². The Labute approximate surface area is 134 Å². The van der Waals surface area contributed by atoms with Crippen LogP contribution >= 0.6 is 0 Å². The van der Waals surface area contributed by atoms with Crippen LogP contribution in [0.5, 0.6) is 5.75 Å². The second kappa shape index (κ2) is 4.94. The normalized spacial score (nSPS) is 32.7. The third kappa shape index (κ3) is 2.11. The lowest BCUT2D eigenvalue weighted by Gasteiger charge is -2.56. The second-order valence-electron chi connectivity index (χ2n) is 7.30. The molecule has 0 bridgehead atoms. The zero-order valence-corrected chi connectivity index (χ0v) is 13.3. The van der Waals surface area contributed by atoms with Crippen molar-refractivity contribution in [3.63, 3.8) is 0 Å². The average Bonchev–Trinajstić information content (AvgIpc) is 2.46. The first-order valence-electron chi connectivity index (χ1n) is 7.90. The van der Waals surface area contributed by atoms with E-state index in [1.165, 1.54) is 12.1 Å². The molecule has 1 aromatic carbocycles. The number of rotatable bonds is 2. The van der Waals surface area contributed by atoms with Gasteiger partial charge in [-0.15, -0.1) is 0 Å². The van der Waals surface area contributed by atoms with Crippen LogP contribution in [0.2, 0.25) is 0 Å². The minimum Gasteiger partial charge on any atom is -0.868 e. The summed E-state index contributed by atoms with van der Waals surface area (Å²) in [6, 6.07) is 2.74. The maximum atomic E-state index is 12.1. The number of carbonyl (C=O) groups excluding carboxylic acids is 1. The van der Waals surface area contributed by atoms with Gasteiger partial charge in [0.2, 0.25) is 0 Å². The van der Waals surface area contributed by atoms with Crippen LogP contribution in [-0.2, 0) is 16.6 Å². The molecule has 0 aromatic heterocycles. The van der Waals surface area contributed by atoms with E-state index in [0.717, 1.165) is 24.0 Å². The molecule has 124 valence electrons. The van der Waals surface area contributed by atoms with Gasteiger partial charge >= 0.3 is 0 Å². The summed E-state index contributed by atoms with van der Waals surface area (Å²) in [5.41, 5.74) is -0.178. The smallest absolute Gasteiger partial charge is 0.262 e. The Hall–Kier alpha value is -2.11.